The lowest BCUT2D eigenvalue weighted by Crippen LogP contribution is -2.40. The van der Waals surface area contributed by atoms with E-state index in [1.807, 2.05) is 18.7 Å². The highest BCUT2D eigenvalue weighted by atomic mass is 32.1. The lowest BCUT2D eigenvalue weighted by molar-refractivity contribution is 0.0696. The molecule has 100 valence electrons. The van der Waals surface area contributed by atoms with Gasteiger partial charge in [0.25, 0.3) is 5.91 Å². The summed E-state index contributed by atoms with van der Waals surface area (Å²) in [6.07, 6.45) is 2.01. The first-order chi connectivity index (χ1) is 8.63. The average Bonchev–Trinajstić information content (AvgIpc) is 2.87. The molecule has 5 nitrogen and oxygen atoms in total. The number of hydrogen-bond donors (Lipinski definition) is 1. The summed E-state index contributed by atoms with van der Waals surface area (Å²) in [5.74, 6) is 0.895. The van der Waals surface area contributed by atoms with E-state index >= 15 is 0 Å². The van der Waals surface area contributed by atoms with Crippen molar-refractivity contribution in [2.45, 2.75) is 32.6 Å². The fourth-order valence-corrected chi connectivity index (χ4v) is 3.03. The number of aromatic nitrogens is 2. The molecule has 6 heteroatoms. The summed E-state index contributed by atoms with van der Waals surface area (Å²) in [6, 6.07) is 0. The van der Waals surface area contributed by atoms with Crippen LogP contribution in [0.1, 0.15) is 48.0 Å². The molecule has 0 spiro atoms. The zero-order valence-corrected chi connectivity index (χ0v) is 11.7. The molecule has 1 aromatic heterocycles. The number of nitrogens with zero attached hydrogens (tertiary/aromatic N) is 3. The monoisotopic (exact) mass is 268 g/mol. The maximum atomic E-state index is 12.4. The molecule has 1 amide bonds. The largest absolute Gasteiger partial charge is 0.338 e. The lowest BCUT2D eigenvalue weighted by atomic mass is 9.97. The summed E-state index contributed by atoms with van der Waals surface area (Å²) >= 11 is 1.21. The predicted molar refractivity (Wildman–Crippen MR) is 71.7 cm³/mol. The van der Waals surface area contributed by atoms with Crippen LogP contribution >= 0.6 is 11.5 Å². The SMILES string of the molecule is CC(C)c1nnsc1C(=O)N1CCC(CN)CC1. The first-order valence-electron chi connectivity index (χ1n) is 6.45. The number of amides is 1. The molecule has 1 saturated heterocycles. The van der Waals surface area contributed by atoms with Gasteiger partial charge in [0.05, 0.1) is 5.69 Å². The van der Waals surface area contributed by atoms with E-state index in [0.717, 1.165) is 38.2 Å². The number of carbonyl (C=O) groups excluding carboxylic acids is 1. The van der Waals surface area contributed by atoms with Crippen molar-refractivity contribution in [3.05, 3.63) is 10.6 Å². The number of rotatable bonds is 3. The molecule has 18 heavy (non-hydrogen) atoms. The normalized spacial score (nSPS) is 17.4. The topological polar surface area (TPSA) is 72.1 Å². The Morgan fingerprint density at radius 2 is 2.17 bits per heavy atom. The minimum Gasteiger partial charge on any atom is -0.338 e. The van der Waals surface area contributed by atoms with E-state index in [1.165, 1.54) is 11.5 Å². The molecule has 0 saturated carbocycles. The molecular formula is C12H20N4OS. The first-order valence-corrected chi connectivity index (χ1v) is 7.22. The summed E-state index contributed by atoms with van der Waals surface area (Å²) in [6.45, 7) is 6.40. The summed E-state index contributed by atoms with van der Waals surface area (Å²) in [7, 11) is 0. The third kappa shape index (κ3) is 2.70. The summed E-state index contributed by atoms with van der Waals surface area (Å²) in [5.41, 5.74) is 6.49. The smallest absolute Gasteiger partial charge is 0.267 e. The Kier molecular flexibility index (Phi) is 4.29. The maximum absolute atomic E-state index is 12.4. The number of carbonyl (C=O) groups is 1. The zero-order chi connectivity index (χ0) is 13.1. The molecule has 1 fully saturated rings. The van der Waals surface area contributed by atoms with Gasteiger partial charge in [-0.3, -0.25) is 4.79 Å². The van der Waals surface area contributed by atoms with Gasteiger partial charge in [0.15, 0.2) is 0 Å². The molecule has 2 rings (SSSR count). The van der Waals surface area contributed by atoms with Crippen LogP contribution in [0.4, 0.5) is 0 Å². The van der Waals surface area contributed by atoms with Crippen LogP contribution in [0.15, 0.2) is 0 Å². The second-order valence-electron chi connectivity index (χ2n) is 5.11. The van der Waals surface area contributed by atoms with Crippen LogP contribution in [-0.4, -0.2) is 40.0 Å². The van der Waals surface area contributed by atoms with Crippen LogP contribution < -0.4 is 5.73 Å². The van der Waals surface area contributed by atoms with E-state index in [0.29, 0.717) is 10.8 Å². The number of hydrogen-bond acceptors (Lipinski definition) is 5. The first kappa shape index (κ1) is 13.4. The Bertz CT molecular complexity index is 410. The van der Waals surface area contributed by atoms with Crippen molar-refractivity contribution in [1.29, 1.82) is 0 Å². The van der Waals surface area contributed by atoms with Crippen molar-refractivity contribution in [2.75, 3.05) is 19.6 Å². The molecule has 1 aromatic rings. The maximum Gasteiger partial charge on any atom is 0.267 e. The minimum atomic E-state index is 0.0872. The summed E-state index contributed by atoms with van der Waals surface area (Å²) in [4.78, 5) is 15.0. The summed E-state index contributed by atoms with van der Waals surface area (Å²) < 4.78 is 3.91. The predicted octanol–water partition coefficient (Wildman–Crippen LogP) is 1.47. The summed E-state index contributed by atoms with van der Waals surface area (Å²) in [5, 5.41) is 4.06. The van der Waals surface area contributed by atoms with Gasteiger partial charge in [-0.2, -0.15) is 0 Å². The van der Waals surface area contributed by atoms with Gasteiger partial charge in [-0.25, -0.2) is 0 Å². The Balaban J connectivity index is 2.06. The van der Waals surface area contributed by atoms with E-state index in [1.54, 1.807) is 0 Å². The second-order valence-corrected chi connectivity index (χ2v) is 5.87. The molecule has 0 aliphatic carbocycles. The number of piperidine rings is 1. The van der Waals surface area contributed by atoms with Gasteiger partial charge < -0.3 is 10.6 Å². The fraction of sp³-hybridized carbons (Fsp3) is 0.750. The van der Waals surface area contributed by atoms with Crippen LogP contribution in [0.2, 0.25) is 0 Å². The van der Waals surface area contributed by atoms with Crippen LogP contribution in [0.25, 0.3) is 0 Å². The van der Waals surface area contributed by atoms with E-state index in [4.69, 9.17) is 5.73 Å². The molecular weight excluding hydrogens is 248 g/mol. The molecule has 0 unspecified atom stereocenters. The third-order valence-electron chi connectivity index (χ3n) is 3.49. The van der Waals surface area contributed by atoms with Gasteiger partial charge in [-0.15, -0.1) is 5.10 Å². The van der Waals surface area contributed by atoms with E-state index in [9.17, 15) is 4.79 Å². The Labute approximate surface area is 112 Å². The van der Waals surface area contributed by atoms with Gasteiger partial charge in [0.1, 0.15) is 4.88 Å². The quantitative estimate of drug-likeness (QED) is 0.901. The number of nitrogens with two attached hydrogens (primary N) is 1. The Morgan fingerprint density at radius 1 is 1.50 bits per heavy atom. The van der Waals surface area contributed by atoms with E-state index in [2.05, 4.69) is 9.59 Å². The molecule has 0 bridgehead atoms. The standard InChI is InChI=1S/C12H20N4OS/c1-8(2)10-11(18-15-14-10)12(17)16-5-3-9(7-13)4-6-16/h8-9H,3-7,13H2,1-2H3. The van der Waals surface area contributed by atoms with Crippen molar-refractivity contribution < 1.29 is 4.79 Å². The molecule has 2 N–H and O–H groups in total. The molecule has 1 aliphatic heterocycles. The van der Waals surface area contributed by atoms with Gasteiger partial charge in [-0.1, -0.05) is 18.3 Å². The second kappa shape index (κ2) is 5.75. The van der Waals surface area contributed by atoms with Gasteiger partial charge in [-0.05, 0) is 42.8 Å². The number of likely N-dealkylation sites (tertiary alicyclic amines) is 1. The molecule has 0 aromatic carbocycles. The lowest BCUT2D eigenvalue weighted by Gasteiger charge is -2.31. The fourth-order valence-electron chi connectivity index (χ4n) is 2.24. The van der Waals surface area contributed by atoms with Crippen LogP contribution in [-0.2, 0) is 0 Å². The average molecular weight is 268 g/mol. The highest BCUT2D eigenvalue weighted by Gasteiger charge is 2.27. The molecule has 0 atom stereocenters. The van der Waals surface area contributed by atoms with Gasteiger partial charge in [0.2, 0.25) is 0 Å². The van der Waals surface area contributed by atoms with Crippen LogP contribution in [0.5, 0.6) is 0 Å². The minimum absolute atomic E-state index is 0.0872. The third-order valence-corrected chi connectivity index (χ3v) is 4.22. The molecule has 1 aliphatic rings. The Hall–Kier alpha value is -1.01. The zero-order valence-electron chi connectivity index (χ0n) is 10.9. The van der Waals surface area contributed by atoms with E-state index in [-0.39, 0.29) is 11.8 Å². The van der Waals surface area contributed by atoms with Crippen molar-refractivity contribution in [1.82, 2.24) is 14.5 Å². The Morgan fingerprint density at radius 3 is 2.72 bits per heavy atom. The highest BCUT2D eigenvalue weighted by Crippen LogP contribution is 2.24. The van der Waals surface area contributed by atoms with Gasteiger partial charge >= 0.3 is 0 Å². The van der Waals surface area contributed by atoms with Crippen LogP contribution in [0.3, 0.4) is 0 Å². The van der Waals surface area contributed by atoms with Crippen LogP contribution in [0, 0.1) is 5.92 Å². The molecule has 0 radical (unpaired) electrons. The van der Waals surface area contributed by atoms with Crippen molar-refractivity contribution in [3.8, 4) is 0 Å². The van der Waals surface area contributed by atoms with E-state index < -0.39 is 0 Å². The van der Waals surface area contributed by atoms with Crippen molar-refractivity contribution >= 4 is 17.4 Å². The van der Waals surface area contributed by atoms with Crippen molar-refractivity contribution in [2.24, 2.45) is 11.7 Å². The molecule has 2 heterocycles. The highest BCUT2D eigenvalue weighted by molar-refractivity contribution is 7.08. The van der Waals surface area contributed by atoms with Crippen molar-refractivity contribution in [3.63, 3.8) is 0 Å². The van der Waals surface area contributed by atoms with Gasteiger partial charge in [0, 0.05) is 13.1 Å².